The molecule has 0 aliphatic carbocycles. The summed E-state index contributed by atoms with van der Waals surface area (Å²) in [6.07, 6.45) is -2.77. The van der Waals surface area contributed by atoms with Crippen molar-refractivity contribution >= 4 is 28.4 Å². The third-order valence-corrected chi connectivity index (χ3v) is 3.28. The number of nitrogens with zero attached hydrogens (tertiary/aromatic N) is 1. The molecule has 2 N–H and O–H groups in total. The maximum atomic E-state index is 12.4. The number of alkyl halides is 3. The fourth-order valence-electron chi connectivity index (χ4n) is 1.46. The molecule has 0 aliphatic heterocycles. The lowest BCUT2D eigenvalue weighted by Crippen LogP contribution is -2.04. The summed E-state index contributed by atoms with van der Waals surface area (Å²) in [5, 5.41) is 0. The molecule has 1 aromatic carbocycles. The van der Waals surface area contributed by atoms with Crippen molar-refractivity contribution in [3.8, 4) is 11.1 Å². The first-order valence-electron chi connectivity index (χ1n) is 4.96. The van der Waals surface area contributed by atoms with Gasteiger partial charge < -0.3 is 5.73 Å². The third-order valence-electron chi connectivity index (χ3n) is 2.42. The van der Waals surface area contributed by atoms with Crippen molar-refractivity contribution in [2.75, 3.05) is 5.73 Å². The highest BCUT2D eigenvalue weighted by Crippen LogP contribution is 2.31. The van der Waals surface area contributed by atoms with Crippen LogP contribution in [-0.4, -0.2) is 4.98 Å². The van der Waals surface area contributed by atoms with Gasteiger partial charge >= 0.3 is 6.18 Å². The van der Waals surface area contributed by atoms with Crippen LogP contribution >= 0.6 is 22.6 Å². The first kappa shape index (κ1) is 13.1. The molecule has 0 aliphatic rings. The van der Waals surface area contributed by atoms with E-state index in [-0.39, 0.29) is 0 Å². The van der Waals surface area contributed by atoms with Crippen molar-refractivity contribution in [1.29, 1.82) is 0 Å². The van der Waals surface area contributed by atoms with E-state index in [0.29, 0.717) is 11.4 Å². The van der Waals surface area contributed by atoms with Crippen LogP contribution in [0.15, 0.2) is 36.5 Å². The SMILES string of the molecule is Nc1ncc(-c2ccc(C(F)(F)F)cc2)cc1I. The summed E-state index contributed by atoms with van der Waals surface area (Å²) >= 11 is 2.03. The quantitative estimate of drug-likeness (QED) is 0.779. The van der Waals surface area contributed by atoms with Gasteiger partial charge in [0.1, 0.15) is 5.82 Å². The monoisotopic (exact) mass is 364 g/mol. The Morgan fingerprint density at radius 1 is 1.06 bits per heavy atom. The molecule has 0 radical (unpaired) electrons. The molecule has 0 unspecified atom stereocenters. The molecule has 0 atom stereocenters. The summed E-state index contributed by atoms with van der Waals surface area (Å²) in [7, 11) is 0. The summed E-state index contributed by atoms with van der Waals surface area (Å²) in [6.45, 7) is 0. The first-order chi connectivity index (χ1) is 8.38. The van der Waals surface area contributed by atoms with Crippen molar-refractivity contribution in [3.05, 3.63) is 45.7 Å². The van der Waals surface area contributed by atoms with Gasteiger partial charge in [0, 0.05) is 11.8 Å². The summed E-state index contributed by atoms with van der Waals surface area (Å²) < 4.78 is 38.0. The van der Waals surface area contributed by atoms with E-state index in [2.05, 4.69) is 4.98 Å². The predicted molar refractivity (Wildman–Crippen MR) is 71.8 cm³/mol. The van der Waals surface area contributed by atoms with Gasteiger partial charge in [-0.15, -0.1) is 0 Å². The Morgan fingerprint density at radius 2 is 1.67 bits per heavy atom. The lowest BCUT2D eigenvalue weighted by atomic mass is 10.1. The second-order valence-corrected chi connectivity index (χ2v) is 4.83. The van der Waals surface area contributed by atoms with E-state index in [1.807, 2.05) is 22.6 Å². The van der Waals surface area contributed by atoms with Crippen molar-refractivity contribution < 1.29 is 13.2 Å². The molecule has 2 aromatic rings. The topological polar surface area (TPSA) is 38.9 Å². The molecular weight excluding hydrogens is 356 g/mol. The Kier molecular flexibility index (Phi) is 3.47. The van der Waals surface area contributed by atoms with Crippen molar-refractivity contribution in [2.45, 2.75) is 6.18 Å². The smallest absolute Gasteiger partial charge is 0.383 e. The Hall–Kier alpha value is -1.31. The molecule has 6 heteroatoms. The molecule has 0 fully saturated rings. The van der Waals surface area contributed by atoms with Crippen molar-refractivity contribution in [1.82, 2.24) is 4.98 Å². The fraction of sp³-hybridized carbons (Fsp3) is 0.0833. The predicted octanol–water partition coefficient (Wildman–Crippen LogP) is 3.95. The first-order valence-corrected chi connectivity index (χ1v) is 6.04. The summed E-state index contributed by atoms with van der Waals surface area (Å²) in [5.41, 5.74) is 6.33. The standard InChI is InChI=1S/C12H8F3IN2/c13-12(14,15)9-3-1-7(2-4-9)8-5-10(16)11(17)18-6-8/h1-6H,(H2,17,18). The van der Waals surface area contributed by atoms with Gasteiger partial charge in [0.05, 0.1) is 9.13 Å². The van der Waals surface area contributed by atoms with Crippen LogP contribution in [0.25, 0.3) is 11.1 Å². The number of pyridine rings is 1. The Bertz CT molecular complexity index is 565. The summed E-state index contributed by atoms with van der Waals surface area (Å²) in [4.78, 5) is 3.97. The highest BCUT2D eigenvalue weighted by molar-refractivity contribution is 14.1. The zero-order valence-corrected chi connectivity index (χ0v) is 11.2. The highest BCUT2D eigenvalue weighted by Gasteiger charge is 2.29. The van der Waals surface area contributed by atoms with Gasteiger partial charge in [-0.05, 0) is 46.4 Å². The van der Waals surface area contributed by atoms with Crippen LogP contribution in [0.2, 0.25) is 0 Å². The van der Waals surface area contributed by atoms with Crippen LogP contribution in [0.3, 0.4) is 0 Å². The third kappa shape index (κ3) is 2.74. The minimum atomic E-state index is -4.31. The van der Waals surface area contributed by atoms with E-state index < -0.39 is 11.7 Å². The van der Waals surface area contributed by atoms with Crippen LogP contribution < -0.4 is 5.73 Å². The van der Waals surface area contributed by atoms with Crippen LogP contribution in [0.4, 0.5) is 19.0 Å². The molecule has 0 saturated heterocycles. The second kappa shape index (κ2) is 4.75. The van der Waals surface area contributed by atoms with Gasteiger partial charge in [-0.25, -0.2) is 4.98 Å². The summed E-state index contributed by atoms with van der Waals surface area (Å²) in [5.74, 6) is 0.409. The van der Waals surface area contributed by atoms with Crippen LogP contribution in [0.5, 0.6) is 0 Å². The lowest BCUT2D eigenvalue weighted by molar-refractivity contribution is -0.137. The number of aromatic nitrogens is 1. The fourth-order valence-corrected chi connectivity index (χ4v) is 1.93. The normalized spacial score (nSPS) is 11.6. The van der Waals surface area contributed by atoms with Crippen molar-refractivity contribution in [3.63, 3.8) is 0 Å². The second-order valence-electron chi connectivity index (χ2n) is 3.67. The maximum Gasteiger partial charge on any atom is 0.416 e. The average Bonchev–Trinajstić information content (AvgIpc) is 2.32. The zero-order chi connectivity index (χ0) is 13.3. The Labute approximate surface area is 115 Å². The number of rotatable bonds is 1. The van der Waals surface area contributed by atoms with Crippen LogP contribution in [-0.2, 0) is 6.18 Å². The number of halogens is 4. The molecule has 0 saturated carbocycles. The van der Waals surface area contributed by atoms with Gasteiger partial charge in [-0.2, -0.15) is 13.2 Å². The zero-order valence-electron chi connectivity index (χ0n) is 9.00. The molecule has 0 amide bonds. The molecule has 2 rings (SSSR count). The Morgan fingerprint density at radius 3 is 2.17 bits per heavy atom. The van der Waals surface area contributed by atoms with E-state index in [0.717, 1.165) is 21.3 Å². The van der Waals surface area contributed by atoms with Gasteiger partial charge in [0.15, 0.2) is 0 Å². The maximum absolute atomic E-state index is 12.4. The van der Waals surface area contributed by atoms with Crippen LogP contribution in [0.1, 0.15) is 5.56 Å². The van der Waals surface area contributed by atoms with Gasteiger partial charge in [-0.3, -0.25) is 0 Å². The van der Waals surface area contributed by atoms with Crippen LogP contribution in [0, 0.1) is 3.57 Å². The minimum absolute atomic E-state index is 0.409. The number of nitrogens with two attached hydrogens (primary N) is 1. The van der Waals surface area contributed by atoms with Crippen molar-refractivity contribution in [2.24, 2.45) is 0 Å². The number of hydrogen-bond donors (Lipinski definition) is 1. The number of anilines is 1. The molecule has 2 nitrogen and oxygen atoms in total. The molecule has 1 aromatic heterocycles. The molecule has 0 spiro atoms. The molecule has 1 heterocycles. The van der Waals surface area contributed by atoms with Gasteiger partial charge in [0.2, 0.25) is 0 Å². The molecule has 18 heavy (non-hydrogen) atoms. The van der Waals surface area contributed by atoms with E-state index >= 15 is 0 Å². The van der Waals surface area contributed by atoms with E-state index in [9.17, 15) is 13.2 Å². The molecule has 94 valence electrons. The van der Waals surface area contributed by atoms with Gasteiger partial charge in [0.25, 0.3) is 0 Å². The lowest BCUT2D eigenvalue weighted by Gasteiger charge is -2.08. The van der Waals surface area contributed by atoms with Gasteiger partial charge in [-0.1, -0.05) is 12.1 Å². The Balaban J connectivity index is 2.37. The number of benzene rings is 1. The minimum Gasteiger partial charge on any atom is -0.383 e. The summed E-state index contributed by atoms with van der Waals surface area (Å²) in [6, 6.07) is 6.74. The van der Waals surface area contributed by atoms with E-state index in [1.54, 1.807) is 12.3 Å². The number of hydrogen-bond acceptors (Lipinski definition) is 2. The molecular formula is C12H8F3IN2. The number of nitrogen functional groups attached to an aromatic ring is 1. The van der Waals surface area contributed by atoms with E-state index in [1.165, 1.54) is 12.1 Å². The molecule has 0 bridgehead atoms. The largest absolute Gasteiger partial charge is 0.416 e. The average molecular weight is 364 g/mol. The van der Waals surface area contributed by atoms with E-state index in [4.69, 9.17) is 5.73 Å². The highest BCUT2D eigenvalue weighted by atomic mass is 127.